The predicted octanol–water partition coefficient (Wildman–Crippen LogP) is 4.02. The lowest BCUT2D eigenvalue weighted by atomic mass is 10.1. The third-order valence-corrected chi connectivity index (χ3v) is 3.62. The van der Waals surface area contributed by atoms with E-state index in [0.717, 1.165) is 21.1 Å². The normalized spacial score (nSPS) is 10.2. The average Bonchev–Trinajstić information content (AvgIpc) is 2.79. The van der Waals surface area contributed by atoms with Crippen LogP contribution in [0.15, 0.2) is 36.4 Å². The van der Waals surface area contributed by atoms with Gasteiger partial charge in [0.2, 0.25) is 0 Å². The van der Waals surface area contributed by atoms with Crippen molar-refractivity contribution in [3.8, 4) is 16.2 Å². The Morgan fingerprint density at radius 1 is 1.24 bits per heavy atom. The smallest absolute Gasteiger partial charge is 0.169 e. The maximum absolute atomic E-state index is 11.3. The maximum atomic E-state index is 11.3. The van der Waals surface area contributed by atoms with Crippen LogP contribution in [0.5, 0.6) is 5.75 Å². The Morgan fingerprint density at radius 3 is 2.65 bits per heavy atom. The van der Waals surface area contributed by atoms with Crippen LogP contribution in [0.4, 0.5) is 0 Å². The first-order valence-corrected chi connectivity index (χ1v) is 6.37. The van der Waals surface area contributed by atoms with Crippen molar-refractivity contribution < 1.29 is 9.53 Å². The molecule has 2 aromatic rings. The highest BCUT2D eigenvalue weighted by Gasteiger charge is 2.10. The molecule has 0 fully saturated rings. The summed E-state index contributed by atoms with van der Waals surface area (Å²) in [7, 11) is 0. The second-order valence-corrected chi connectivity index (χ2v) is 4.73. The SMILES string of the molecule is CCOc1ccccc1-c1ccc(C(C)=O)s1. The fraction of sp³-hybridized carbons (Fsp3) is 0.214. The van der Waals surface area contributed by atoms with E-state index in [2.05, 4.69) is 0 Å². The van der Waals surface area contributed by atoms with Gasteiger partial charge in [0.15, 0.2) is 5.78 Å². The topological polar surface area (TPSA) is 26.3 Å². The van der Waals surface area contributed by atoms with Crippen molar-refractivity contribution in [3.63, 3.8) is 0 Å². The molecule has 1 heterocycles. The number of carbonyl (C=O) groups is 1. The number of carbonyl (C=O) groups excluding carboxylic acids is 1. The summed E-state index contributed by atoms with van der Waals surface area (Å²) < 4.78 is 5.58. The van der Waals surface area contributed by atoms with E-state index in [9.17, 15) is 4.79 Å². The first-order valence-electron chi connectivity index (χ1n) is 5.55. The Labute approximate surface area is 105 Å². The van der Waals surface area contributed by atoms with Gasteiger partial charge in [-0.25, -0.2) is 0 Å². The van der Waals surface area contributed by atoms with Gasteiger partial charge in [-0.15, -0.1) is 11.3 Å². The number of para-hydroxylation sites is 1. The van der Waals surface area contributed by atoms with Crippen molar-refractivity contribution in [3.05, 3.63) is 41.3 Å². The Bertz CT molecular complexity index is 529. The Morgan fingerprint density at radius 2 is 2.00 bits per heavy atom. The van der Waals surface area contributed by atoms with Crippen LogP contribution in [0.2, 0.25) is 0 Å². The average molecular weight is 246 g/mol. The molecule has 0 saturated carbocycles. The molecular formula is C14H14O2S. The number of hydrogen-bond donors (Lipinski definition) is 0. The minimum absolute atomic E-state index is 0.107. The number of ketones is 1. The largest absolute Gasteiger partial charge is 0.493 e. The minimum atomic E-state index is 0.107. The summed E-state index contributed by atoms with van der Waals surface area (Å²) in [6, 6.07) is 11.7. The van der Waals surface area contributed by atoms with E-state index in [4.69, 9.17) is 4.74 Å². The monoisotopic (exact) mass is 246 g/mol. The highest BCUT2D eigenvalue weighted by molar-refractivity contribution is 7.17. The number of rotatable bonds is 4. The summed E-state index contributed by atoms with van der Waals surface area (Å²) >= 11 is 1.50. The van der Waals surface area contributed by atoms with E-state index in [1.807, 2.05) is 43.3 Å². The Balaban J connectivity index is 2.41. The molecule has 0 spiro atoms. The Kier molecular flexibility index (Phi) is 3.59. The standard InChI is InChI=1S/C14H14O2S/c1-3-16-12-7-5-4-6-11(12)14-9-8-13(17-14)10(2)15/h4-9H,3H2,1-2H3. The molecule has 0 radical (unpaired) electrons. The molecule has 0 N–H and O–H groups in total. The first kappa shape index (κ1) is 11.9. The number of thiophene rings is 1. The summed E-state index contributed by atoms with van der Waals surface area (Å²) in [5.41, 5.74) is 1.05. The van der Waals surface area contributed by atoms with Crippen LogP contribution in [0.1, 0.15) is 23.5 Å². The maximum Gasteiger partial charge on any atom is 0.169 e. The number of ether oxygens (including phenoxy) is 1. The molecule has 0 atom stereocenters. The van der Waals surface area contributed by atoms with E-state index in [1.54, 1.807) is 6.92 Å². The molecule has 2 rings (SSSR count). The summed E-state index contributed by atoms with van der Waals surface area (Å²) in [6.07, 6.45) is 0. The first-order chi connectivity index (χ1) is 8.22. The van der Waals surface area contributed by atoms with Crippen LogP contribution in [0, 0.1) is 0 Å². The van der Waals surface area contributed by atoms with Gasteiger partial charge in [-0.3, -0.25) is 4.79 Å². The van der Waals surface area contributed by atoms with Gasteiger partial charge in [0.1, 0.15) is 5.75 Å². The molecule has 1 aromatic carbocycles. The molecule has 0 unspecified atom stereocenters. The van der Waals surface area contributed by atoms with Crippen LogP contribution in [0.25, 0.3) is 10.4 Å². The van der Waals surface area contributed by atoms with Crippen molar-refractivity contribution in [2.24, 2.45) is 0 Å². The molecule has 0 saturated heterocycles. The van der Waals surface area contributed by atoms with Crippen molar-refractivity contribution >= 4 is 17.1 Å². The summed E-state index contributed by atoms with van der Waals surface area (Å²) in [6.45, 7) is 4.19. The van der Waals surface area contributed by atoms with E-state index in [-0.39, 0.29) is 5.78 Å². The number of Topliss-reactive ketones (excluding diaryl/α,β-unsaturated/α-hetero) is 1. The molecule has 0 bridgehead atoms. The fourth-order valence-corrected chi connectivity index (χ4v) is 2.55. The van der Waals surface area contributed by atoms with Crippen molar-refractivity contribution in [1.82, 2.24) is 0 Å². The second kappa shape index (κ2) is 5.15. The number of benzene rings is 1. The molecule has 17 heavy (non-hydrogen) atoms. The summed E-state index contributed by atoms with van der Waals surface area (Å²) in [5.74, 6) is 0.974. The summed E-state index contributed by atoms with van der Waals surface area (Å²) in [4.78, 5) is 13.1. The van der Waals surface area contributed by atoms with E-state index in [0.29, 0.717) is 6.61 Å². The van der Waals surface area contributed by atoms with Gasteiger partial charge in [0, 0.05) is 10.4 Å². The second-order valence-electron chi connectivity index (χ2n) is 3.65. The molecule has 0 aliphatic rings. The fourth-order valence-electron chi connectivity index (χ4n) is 1.62. The third-order valence-electron chi connectivity index (χ3n) is 2.41. The highest BCUT2D eigenvalue weighted by Crippen LogP contribution is 2.34. The lowest BCUT2D eigenvalue weighted by Crippen LogP contribution is -1.92. The van der Waals surface area contributed by atoms with Crippen molar-refractivity contribution in [2.45, 2.75) is 13.8 Å². The third kappa shape index (κ3) is 2.56. The lowest BCUT2D eigenvalue weighted by molar-refractivity contribution is 0.102. The van der Waals surface area contributed by atoms with Gasteiger partial charge in [0.05, 0.1) is 11.5 Å². The van der Waals surface area contributed by atoms with E-state index in [1.165, 1.54) is 11.3 Å². The van der Waals surface area contributed by atoms with Gasteiger partial charge < -0.3 is 4.74 Å². The van der Waals surface area contributed by atoms with Gasteiger partial charge in [-0.05, 0) is 38.1 Å². The van der Waals surface area contributed by atoms with Gasteiger partial charge in [-0.1, -0.05) is 12.1 Å². The zero-order chi connectivity index (χ0) is 12.3. The highest BCUT2D eigenvalue weighted by atomic mass is 32.1. The zero-order valence-electron chi connectivity index (χ0n) is 9.90. The van der Waals surface area contributed by atoms with Crippen LogP contribution in [-0.4, -0.2) is 12.4 Å². The minimum Gasteiger partial charge on any atom is -0.493 e. The van der Waals surface area contributed by atoms with Crippen molar-refractivity contribution in [2.75, 3.05) is 6.61 Å². The van der Waals surface area contributed by atoms with Gasteiger partial charge in [0.25, 0.3) is 0 Å². The van der Waals surface area contributed by atoms with Crippen LogP contribution < -0.4 is 4.74 Å². The molecule has 1 aromatic heterocycles. The van der Waals surface area contributed by atoms with Gasteiger partial charge >= 0.3 is 0 Å². The quantitative estimate of drug-likeness (QED) is 0.762. The molecule has 88 valence electrons. The van der Waals surface area contributed by atoms with E-state index >= 15 is 0 Å². The zero-order valence-corrected chi connectivity index (χ0v) is 10.7. The Hall–Kier alpha value is -1.61. The molecule has 0 aliphatic carbocycles. The van der Waals surface area contributed by atoms with Gasteiger partial charge in [-0.2, -0.15) is 0 Å². The molecular weight excluding hydrogens is 232 g/mol. The van der Waals surface area contributed by atoms with E-state index < -0.39 is 0 Å². The van der Waals surface area contributed by atoms with Crippen molar-refractivity contribution in [1.29, 1.82) is 0 Å². The summed E-state index contributed by atoms with van der Waals surface area (Å²) in [5, 5.41) is 0. The molecule has 2 nitrogen and oxygen atoms in total. The molecule has 0 amide bonds. The van der Waals surface area contributed by atoms with Crippen LogP contribution >= 0.6 is 11.3 Å². The van der Waals surface area contributed by atoms with Crippen LogP contribution in [0.3, 0.4) is 0 Å². The molecule has 0 aliphatic heterocycles. The lowest BCUT2D eigenvalue weighted by Gasteiger charge is -2.07. The predicted molar refractivity (Wildman–Crippen MR) is 70.9 cm³/mol. The van der Waals surface area contributed by atoms with Crippen LogP contribution in [-0.2, 0) is 0 Å². The number of hydrogen-bond acceptors (Lipinski definition) is 3. The molecule has 3 heteroatoms.